The summed E-state index contributed by atoms with van der Waals surface area (Å²) >= 11 is 0. The Morgan fingerprint density at radius 2 is 2.04 bits per heavy atom. The Morgan fingerprint density at radius 1 is 1.25 bits per heavy atom. The van der Waals surface area contributed by atoms with Crippen LogP contribution in [0, 0.1) is 13.8 Å². The minimum atomic E-state index is -0.191. The fourth-order valence-corrected chi connectivity index (χ4v) is 2.77. The third-order valence-corrected chi connectivity index (χ3v) is 4.09. The molecule has 3 aromatic rings. The van der Waals surface area contributed by atoms with Crippen LogP contribution in [0.15, 0.2) is 35.3 Å². The summed E-state index contributed by atoms with van der Waals surface area (Å²) in [7, 11) is 0. The number of nitrogens with one attached hydrogen (secondary N) is 3. The Morgan fingerprint density at radius 3 is 2.88 bits per heavy atom. The molecule has 0 aliphatic carbocycles. The van der Waals surface area contributed by atoms with E-state index in [1.165, 1.54) is 10.9 Å². The van der Waals surface area contributed by atoms with Gasteiger partial charge in [-0.3, -0.25) is 9.59 Å². The molecule has 2 heterocycles. The van der Waals surface area contributed by atoms with Crippen molar-refractivity contribution in [2.24, 2.45) is 0 Å². The van der Waals surface area contributed by atoms with Gasteiger partial charge in [-0.1, -0.05) is 18.2 Å². The first-order valence-electron chi connectivity index (χ1n) is 7.92. The maximum atomic E-state index is 12.1. The number of carbonyl (C=O) groups excluding carboxylic acids is 1. The summed E-state index contributed by atoms with van der Waals surface area (Å²) in [6.45, 7) is 3.93. The summed E-state index contributed by atoms with van der Waals surface area (Å²) in [4.78, 5) is 33.9. The van der Waals surface area contributed by atoms with Gasteiger partial charge in [0, 0.05) is 29.2 Å². The van der Waals surface area contributed by atoms with Gasteiger partial charge in [-0.25, -0.2) is 4.98 Å². The maximum Gasteiger partial charge on any atom is 0.254 e. The van der Waals surface area contributed by atoms with Gasteiger partial charge in [0.2, 0.25) is 5.91 Å². The second-order valence-corrected chi connectivity index (χ2v) is 5.86. The first-order valence-corrected chi connectivity index (χ1v) is 7.92. The summed E-state index contributed by atoms with van der Waals surface area (Å²) < 4.78 is 0. The number of nitrogens with zero attached hydrogens (tertiary/aromatic N) is 1. The maximum absolute atomic E-state index is 12.1. The lowest BCUT2D eigenvalue weighted by Gasteiger charge is -2.07. The van der Waals surface area contributed by atoms with E-state index in [9.17, 15) is 9.59 Å². The molecule has 0 saturated carbocycles. The van der Waals surface area contributed by atoms with Crippen molar-refractivity contribution in [1.29, 1.82) is 0 Å². The fourth-order valence-electron chi connectivity index (χ4n) is 2.77. The third-order valence-electron chi connectivity index (χ3n) is 4.09. The molecule has 1 aromatic carbocycles. The van der Waals surface area contributed by atoms with Gasteiger partial charge in [-0.2, -0.15) is 0 Å². The van der Waals surface area contributed by atoms with Gasteiger partial charge >= 0.3 is 0 Å². The van der Waals surface area contributed by atoms with E-state index in [1.54, 1.807) is 13.8 Å². The molecule has 0 aliphatic rings. The lowest BCUT2D eigenvalue weighted by molar-refractivity contribution is -0.120. The van der Waals surface area contributed by atoms with E-state index >= 15 is 0 Å². The van der Waals surface area contributed by atoms with Crippen molar-refractivity contribution in [2.45, 2.75) is 26.7 Å². The summed E-state index contributed by atoms with van der Waals surface area (Å²) in [6, 6.07) is 8.08. The zero-order valence-corrected chi connectivity index (χ0v) is 13.8. The van der Waals surface area contributed by atoms with Crippen molar-refractivity contribution in [3.63, 3.8) is 0 Å². The molecule has 6 nitrogen and oxygen atoms in total. The topological polar surface area (TPSA) is 90.6 Å². The van der Waals surface area contributed by atoms with Gasteiger partial charge in [0.25, 0.3) is 5.56 Å². The summed E-state index contributed by atoms with van der Waals surface area (Å²) in [5.74, 6) is 0.391. The number of benzene rings is 1. The Kier molecular flexibility index (Phi) is 4.46. The second kappa shape index (κ2) is 6.70. The normalized spacial score (nSPS) is 10.9. The van der Waals surface area contributed by atoms with Gasteiger partial charge in [-0.15, -0.1) is 0 Å². The van der Waals surface area contributed by atoms with E-state index in [2.05, 4.69) is 26.3 Å². The number of para-hydroxylation sites is 1. The molecule has 124 valence electrons. The van der Waals surface area contributed by atoms with Gasteiger partial charge in [-0.05, 0) is 31.9 Å². The average molecular weight is 324 g/mol. The summed E-state index contributed by atoms with van der Waals surface area (Å²) in [5.41, 5.74) is 3.10. The van der Waals surface area contributed by atoms with Gasteiger partial charge in [0.1, 0.15) is 5.82 Å². The van der Waals surface area contributed by atoms with Crippen LogP contribution >= 0.6 is 0 Å². The molecule has 3 rings (SSSR count). The van der Waals surface area contributed by atoms with E-state index in [1.807, 2.05) is 24.4 Å². The molecule has 0 radical (unpaired) electrons. The number of H-pyrrole nitrogens is 2. The van der Waals surface area contributed by atoms with Gasteiger partial charge in [0.15, 0.2) is 0 Å². The largest absolute Gasteiger partial charge is 0.361 e. The first kappa shape index (κ1) is 16.0. The highest BCUT2D eigenvalue weighted by Crippen LogP contribution is 2.17. The van der Waals surface area contributed by atoms with E-state index in [-0.39, 0.29) is 17.9 Å². The zero-order valence-electron chi connectivity index (χ0n) is 13.8. The van der Waals surface area contributed by atoms with Crippen molar-refractivity contribution in [2.75, 3.05) is 6.54 Å². The number of carbonyl (C=O) groups is 1. The molecule has 0 spiro atoms. The Labute approximate surface area is 139 Å². The number of amides is 1. The van der Waals surface area contributed by atoms with E-state index in [4.69, 9.17) is 0 Å². The van der Waals surface area contributed by atoms with Crippen LogP contribution in [0.4, 0.5) is 0 Å². The van der Waals surface area contributed by atoms with Gasteiger partial charge in [0.05, 0.1) is 12.1 Å². The monoisotopic (exact) mass is 324 g/mol. The molecule has 6 heteroatoms. The van der Waals surface area contributed by atoms with E-state index < -0.39 is 0 Å². The van der Waals surface area contributed by atoms with Crippen LogP contribution in [-0.4, -0.2) is 27.4 Å². The molecule has 0 aliphatic heterocycles. The molecule has 0 atom stereocenters. The predicted octanol–water partition coefficient (Wildman–Crippen LogP) is 1.77. The average Bonchev–Trinajstić information content (AvgIpc) is 2.95. The molecule has 1 amide bonds. The van der Waals surface area contributed by atoms with Crippen molar-refractivity contribution in [3.8, 4) is 0 Å². The Bertz CT molecular complexity index is 940. The van der Waals surface area contributed by atoms with Crippen LogP contribution in [-0.2, 0) is 17.6 Å². The lowest BCUT2D eigenvalue weighted by atomic mass is 10.1. The number of aryl methyl sites for hydroxylation is 1. The molecule has 2 aromatic heterocycles. The van der Waals surface area contributed by atoms with Crippen LogP contribution in [0.25, 0.3) is 10.9 Å². The number of rotatable bonds is 5. The van der Waals surface area contributed by atoms with E-state index in [0.717, 1.165) is 11.9 Å². The molecular weight excluding hydrogens is 304 g/mol. The van der Waals surface area contributed by atoms with Crippen LogP contribution in [0.1, 0.15) is 22.6 Å². The molecule has 0 bridgehead atoms. The first-order chi connectivity index (χ1) is 11.5. The van der Waals surface area contributed by atoms with Crippen LogP contribution in [0.2, 0.25) is 0 Å². The standard InChI is InChI=1S/C18H20N4O2/c1-11-16(21-12(2)22-18(11)24)9-17(23)19-8-7-13-10-20-15-6-4-3-5-14(13)15/h3-6,10,20H,7-9H2,1-2H3,(H,19,23)(H,21,22,24). The molecule has 0 saturated heterocycles. The number of hydrogen-bond donors (Lipinski definition) is 3. The van der Waals surface area contributed by atoms with Crippen molar-refractivity contribution < 1.29 is 4.79 Å². The highest BCUT2D eigenvalue weighted by molar-refractivity contribution is 5.83. The summed E-state index contributed by atoms with van der Waals surface area (Å²) in [6.07, 6.45) is 2.84. The quantitative estimate of drug-likeness (QED) is 0.668. The molecule has 0 unspecified atom stereocenters. The molecule has 0 fully saturated rings. The smallest absolute Gasteiger partial charge is 0.254 e. The minimum Gasteiger partial charge on any atom is -0.361 e. The number of aromatic amines is 2. The molecule has 24 heavy (non-hydrogen) atoms. The van der Waals surface area contributed by atoms with Gasteiger partial charge < -0.3 is 15.3 Å². The number of aromatic nitrogens is 3. The number of hydrogen-bond acceptors (Lipinski definition) is 3. The Hall–Kier alpha value is -2.89. The summed E-state index contributed by atoms with van der Waals surface area (Å²) in [5, 5.41) is 4.07. The highest BCUT2D eigenvalue weighted by atomic mass is 16.1. The van der Waals surface area contributed by atoms with E-state index in [0.29, 0.717) is 23.6 Å². The van der Waals surface area contributed by atoms with Crippen LogP contribution in [0.3, 0.4) is 0 Å². The second-order valence-electron chi connectivity index (χ2n) is 5.86. The molecule has 3 N–H and O–H groups in total. The van der Waals surface area contributed by atoms with Crippen molar-refractivity contribution in [1.82, 2.24) is 20.3 Å². The fraction of sp³-hybridized carbons (Fsp3) is 0.278. The highest BCUT2D eigenvalue weighted by Gasteiger charge is 2.11. The number of fused-ring (bicyclic) bond motifs is 1. The Balaban J connectivity index is 1.59. The van der Waals surface area contributed by atoms with Crippen LogP contribution in [0.5, 0.6) is 0 Å². The third kappa shape index (κ3) is 3.37. The predicted molar refractivity (Wildman–Crippen MR) is 93.0 cm³/mol. The lowest BCUT2D eigenvalue weighted by Crippen LogP contribution is -2.29. The minimum absolute atomic E-state index is 0.116. The zero-order chi connectivity index (χ0) is 17.1. The van der Waals surface area contributed by atoms with Crippen molar-refractivity contribution in [3.05, 3.63) is 63.5 Å². The SMILES string of the molecule is Cc1nc(CC(=O)NCCc2c[nH]c3ccccc23)c(C)c(=O)[nH]1. The van der Waals surface area contributed by atoms with Crippen LogP contribution < -0.4 is 10.9 Å². The molecular formula is C18H20N4O2. The van der Waals surface area contributed by atoms with Crippen molar-refractivity contribution >= 4 is 16.8 Å².